The van der Waals surface area contributed by atoms with Gasteiger partial charge in [0.2, 0.25) is 0 Å². The highest BCUT2D eigenvalue weighted by atomic mass is 19.1. The topological polar surface area (TPSA) is 61.5 Å². The van der Waals surface area contributed by atoms with Crippen molar-refractivity contribution in [1.82, 2.24) is 19.0 Å². The summed E-state index contributed by atoms with van der Waals surface area (Å²) in [4.78, 5) is 20.2. The Hall–Kier alpha value is -3.75. The largest absolute Gasteiger partial charge is 0.457 e. The minimum Gasteiger partial charge on any atom is -0.457 e. The van der Waals surface area contributed by atoms with Crippen LogP contribution in [0.2, 0.25) is 0 Å². The Morgan fingerprint density at radius 1 is 1.20 bits per heavy atom. The first-order valence-corrected chi connectivity index (χ1v) is 11.6. The van der Waals surface area contributed by atoms with Gasteiger partial charge in [0, 0.05) is 30.9 Å². The molecule has 5 rings (SSSR count). The van der Waals surface area contributed by atoms with E-state index < -0.39 is 0 Å². The van der Waals surface area contributed by atoms with E-state index in [1.807, 2.05) is 22.8 Å². The average molecular weight is 475 g/mol. The molecule has 0 spiro atoms. The SMILES string of the molecule is C=CCOCN1CC[C@@H](n2c(=O)n(-c3cccc(Oc4cccc(F)c4C)c3)c3cnccc32)C1. The third-order valence-corrected chi connectivity index (χ3v) is 6.32. The summed E-state index contributed by atoms with van der Waals surface area (Å²) >= 11 is 0. The Labute approximate surface area is 202 Å². The number of fused-ring (bicyclic) bond motifs is 1. The average Bonchev–Trinajstić information content (AvgIpc) is 3.43. The summed E-state index contributed by atoms with van der Waals surface area (Å²) in [6.07, 6.45) is 5.99. The number of likely N-dealkylation sites (tertiary alicyclic amines) is 1. The van der Waals surface area contributed by atoms with Crippen LogP contribution in [-0.4, -0.2) is 45.4 Å². The number of aromatic nitrogens is 3. The molecule has 0 aliphatic carbocycles. The van der Waals surface area contributed by atoms with Crippen LogP contribution >= 0.6 is 0 Å². The number of rotatable bonds is 8. The first-order chi connectivity index (χ1) is 17.1. The van der Waals surface area contributed by atoms with Crippen molar-refractivity contribution in [2.24, 2.45) is 0 Å². The van der Waals surface area contributed by atoms with Crippen molar-refractivity contribution in [2.45, 2.75) is 19.4 Å². The molecule has 7 nitrogen and oxygen atoms in total. The summed E-state index contributed by atoms with van der Waals surface area (Å²) in [5, 5.41) is 0. The summed E-state index contributed by atoms with van der Waals surface area (Å²) in [5.41, 5.74) is 2.50. The molecule has 2 aromatic carbocycles. The lowest BCUT2D eigenvalue weighted by Gasteiger charge is -2.16. The molecule has 35 heavy (non-hydrogen) atoms. The molecular weight excluding hydrogens is 447 g/mol. The predicted molar refractivity (Wildman–Crippen MR) is 133 cm³/mol. The van der Waals surface area contributed by atoms with Crippen LogP contribution in [0.3, 0.4) is 0 Å². The molecule has 1 aliphatic heterocycles. The van der Waals surface area contributed by atoms with Gasteiger partial charge in [-0.15, -0.1) is 6.58 Å². The molecule has 1 atom stereocenters. The van der Waals surface area contributed by atoms with Crippen molar-refractivity contribution in [3.05, 3.63) is 95.4 Å². The lowest BCUT2D eigenvalue weighted by atomic mass is 10.2. The molecule has 1 fully saturated rings. The molecule has 180 valence electrons. The molecule has 0 unspecified atom stereocenters. The summed E-state index contributed by atoms with van der Waals surface area (Å²) in [6.45, 7) is 7.93. The number of nitrogens with zero attached hydrogens (tertiary/aromatic N) is 4. The number of hydrogen-bond acceptors (Lipinski definition) is 5. The second kappa shape index (κ2) is 9.85. The Balaban J connectivity index is 1.50. The lowest BCUT2D eigenvalue weighted by molar-refractivity contribution is 0.0567. The van der Waals surface area contributed by atoms with Crippen LogP contribution in [0.4, 0.5) is 4.39 Å². The van der Waals surface area contributed by atoms with Crippen LogP contribution in [0.25, 0.3) is 16.7 Å². The maximum Gasteiger partial charge on any atom is 0.334 e. The second-order valence-electron chi connectivity index (χ2n) is 8.62. The van der Waals surface area contributed by atoms with Gasteiger partial charge >= 0.3 is 5.69 Å². The van der Waals surface area contributed by atoms with Crippen molar-refractivity contribution >= 4 is 11.0 Å². The van der Waals surface area contributed by atoms with Crippen molar-refractivity contribution in [3.8, 4) is 17.2 Å². The van der Waals surface area contributed by atoms with Gasteiger partial charge in [0.25, 0.3) is 0 Å². The Morgan fingerprint density at radius 3 is 2.91 bits per heavy atom. The van der Waals surface area contributed by atoms with Gasteiger partial charge in [-0.3, -0.25) is 19.0 Å². The molecule has 0 amide bonds. The van der Waals surface area contributed by atoms with E-state index in [4.69, 9.17) is 9.47 Å². The minimum atomic E-state index is -0.329. The van der Waals surface area contributed by atoms with Crippen LogP contribution in [0.15, 0.2) is 78.4 Å². The molecule has 0 radical (unpaired) electrons. The smallest absolute Gasteiger partial charge is 0.334 e. The fourth-order valence-corrected chi connectivity index (χ4v) is 4.59. The van der Waals surface area contributed by atoms with Crippen LogP contribution in [0.1, 0.15) is 18.0 Å². The number of ether oxygens (including phenoxy) is 2. The monoisotopic (exact) mass is 474 g/mol. The number of hydrogen-bond donors (Lipinski definition) is 0. The Bertz CT molecular complexity index is 1430. The van der Waals surface area contributed by atoms with E-state index in [2.05, 4.69) is 16.5 Å². The van der Waals surface area contributed by atoms with Gasteiger partial charge in [-0.2, -0.15) is 0 Å². The first kappa shape index (κ1) is 23.0. The van der Waals surface area contributed by atoms with Gasteiger partial charge in [-0.05, 0) is 43.7 Å². The van der Waals surface area contributed by atoms with Gasteiger partial charge in [-0.25, -0.2) is 9.18 Å². The fourth-order valence-electron chi connectivity index (χ4n) is 4.59. The third kappa shape index (κ3) is 4.50. The van der Waals surface area contributed by atoms with E-state index in [1.165, 1.54) is 6.07 Å². The summed E-state index contributed by atoms with van der Waals surface area (Å²) in [7, 11) is 0. The van der Waals surface area contributed by atoms with Crippen molar-refractivity contribution < 1.29 is 13.9 Å². The number of halogens is 1. The van der Waals surface area contributed by atoms with E-state index in [9.17, 15) is 9.18 Å². The van der Waals surface area contributed by atoms with Crippen LogP contribution < -0.4 is 10.4 Å². The molecule has 2 aromatic heterocycles. The zero-order valence-electron chi connectivity index (χ0n) is 19.6. The molecule has 0 saturated carbocycles. The minimum absolute atomic E-state index is 0.0235. The molecule has 8 heteroatoms. The van der Waals surface area contributed by atoms with Crippen LogP contribution in [0, 0.1) is 12.7 Å². The standard InChI is InChI=1S/C27H27FN4O3/c1-3-14-34-18-30-13-11-21(17-30)32-24-10-12-29-16-25(24)31(27(32)33)20-6-4-7-22(15-20)35-26-9-5-8-23(28)19(26)2/h3-10,12,15-16,21H,1,11,13-14,17-18H2,2H3/t21-/m1/s1. The molecular formula is C27H27FN4O3. The molecule has 4 aromatic rings. The maximum atomic E-state index is 14.0. The number of pyridine rings is 1. The summed E-state index contributed by atoms with van der Waals surface area (Å²) in [6, 6.07) is 13.9. The van der Waals surface area contributed by atoms with E-state index in [1.54, 1.807) is 54.2 Å². The fraction of sp³-hybridized carbons (Fsp3) is 0.259. The van der Waals surface area contributed by atoms with Crippen LogP contribution in [0.5, 0.6) is 11.5 Å². The Morgan fingerprint density at radius 2 is 2.06 bits per heavy atom. The second-order valence-corrected chi connectivity index (χ2v) is 8.62. The number of imidazole rings is 1. The quantitative estimate of drug-likeness (QED) is 0.270. The van der Waals surface area contributed by atoms with E-state index >= 15 is 0 Å². The van der Waals surface area contributed by atoms with Crippen LogP contribution in [-0.2, 0) is 4.74 Å². The van der Waals surface area contributed by atoms with Crippen molar-refractivity contribution in [3.63, 3.8) is 0 Å². The first-order valence-electron chi connectivity index (χ1n) is 11.6. The normalized spacial score (nSPS) is 16.1. The highest BCUT2D eigenvalue weighted by Crippen LogP contribution is 2.30. The molecule has 0 bridgehead atoms. The maximum absolute atomic E-state index is 14.0. The lowest BCUT2D eigenvalue weighted by Crippen LogP contribution is -2.29. The highest BCUT2D eigenvalue weighted by molar-refractivity contribution is 5.77. The number of benzene rings is 2. The summed E-state index contributed by atoms with van der Waals surface area (Å²) < 4.78 is 29.0. The van der Waals surface area contributed by atoms with Crippen molar-refractivity contribution in [1.29, 1.82) is 0 Å². The predicted octanol–water partition coefficient (Wildman–Crippen LogP) is 4.83. The van der Waals surface area contributed by atoms with E-state index in [0.717, 1.165) is 30.5 Å². The van der Waals surface area contributed by atoms with Gasteiger partial charge in [-0.1, -0.05) is 18.2 Å². The molecule has 0 N–H and O–H groups in total. The Kier molecular flexibility index (Phi) is 6.48. The highest BCUT2D eigenvalue weighted by Gasteiger charge is 2.28. The van der Waals surface area contributed by atoms with Gasteiger partial charge in [0.15, 0.2) is 0 Å². The summed E-state index contributed by atoms with van der Waals surface area (Å²) in [5.74, 6) is 0.618. The zero-order valence-corrected chi connectivity index (χ0v) is 19.6. The van der Waals surface area contributed by atoms with Crippen molar-refractivity contribution in [2.75, 3.05) is 26.4 Å². The third-order valence-electron chi connectivity index (χ3n) is 6.32. The zero-order chi connectivity index (χ0) is 24.4. The van der Waals surface area contributed by atoms with Gasteiger partial charge in [0.05, 0.1) is 42.3 Å². The molecule has 3 heterocycles. The van der Waals surface area contributed by atoms with E-state index in [0.29, 0.717) is 36.1 Å². The molecule has 1 aliphatic rings. The van der Waals surface area contributed by atoms with Gasteiger partial charge in [0.1, 0.15) is 17.3 Å². The van der Waals surface area contributed by atoms with E-state index in [-0.39, 0.29) is 17.5 Å². The molecule has 1 saturated heterocycles. The van der Waals surface area contributed by atoms with Gasteiger partial charge < -0.3 is 9.47 Å².